The fraction of sp³-hybridized carbons (Fsp3) is 0.364. The molecule has 1 N–H and O–H groups in total. The van der Waals surface area contributed by atoms with E-state index in [4.69, 9.17) is 0 Å². The molecule has 2 amide bonds. The van der Waals surface area contributed by atoms with E-state index in [0.29, 0.717) is 17.8 Å². The minimum Gasteiger partial charge on any atom is -0.354 e. The van der Waals surface area contributed by atoms with Gasteiger partial charge in [-0.15, -0.1) is 0 Å². The number of nitrogens with zero attached hydrogens (tertiary/aromatic N) is 2. The van der Waals surface area contributed by atoms with Crippen LogP contribution in [-0.2, 0) is 14.8 Å². The fourth-order valence-electron chi connectivity index (χ4n) is 3.63. The molecule has 0 aromatic heterocycles. The van der Waals surface area contributed by atoms with Gasteiger partial charge in [-0.1, -0.05) is 55.8 Å². The zero-order chi connectivity index (χ0) is 21.7. The third-order valence-electron chi connectivity index (χ3n) is 5.11. The summed E-state index contributed by atoms with van der Waals surface area (Å²) in [7, 11) is -3.58. The zero-order valence-electron chi connectivity index (χ0n) is 17.2. The van der Waals surface area contributed by atoms with Gasteiger partial charge in [-0.2, -0.15) is 0 Å². The van der Waals surface area contributed by atoms with Crippen molar-refractivity contribution in [3.05, 3.63) is 65.7 Å². The second-order valence-corrected chi connectivity index (χ2v) is 9.22. The summed E-state index contributed by atoms with van der Waals surface area (Å²) < 4.78 is 26.0. The van der Waals surface area contributed by atoms with Gasteiger partial charge in [0.1, 0.15) is 6.04 Å². The SMILES string of the molecule is CCCCNC(=O)C(c1ccccc1)N1CCN(S(C)(=O)=O)c2ccccc2C1=O. The maximum atomic E-state index is 13.5. The second kappa shape index (κ2) is 9.30. The third kappa shape index (κ3) is 4.64. The van der Waals surface area contributed by atoms with Crippen LogP contribution in [0.2, 0.25) is 0 Å². The molecule has 1 aliphatic rings. The number of amides is 2. The molecule has 2 aromatic carbocycles. The van der Waals surface area contributed by atoms with Crippen molar-refractivity contribution < 1.29 is 18.0 Å². The maximum absolute atomic E-state index is 13.5. The number of sulfonamides is 1. The van der Waals surface area contributed by atoms with Crippen LogP contribution in [-0.4, -0.2) is 51.0 Å². The van der Waals surface area contributed by atoms with Gasteiger partial charge in [0.05, 0.1) is 24.1 Å². The van der Waals surface area contributed by atoms with Crippen molar-refractivity contribution in [2.24, 2.45) is 0 Å². The van der Waals surface area contributed by atoms with Gasteiger partial charge in [-0.25, -0.2) is 8.42 Å². The molecule has 0 fully saturated rings. The molecule has 0 radical (unpaired) electrons. The summed E-state index contributed by atoms with van der Waals surface area (Å²) >= 11 is 0. The number of anilines is 1. The Hall–Kier alpha value is -2.87. The van der Waals surface area contributed by atoms with E-state index in [-0.39, 0.29) is 30.5 Å². The predicted molar refractivity (Wildman–Crippen MR) is 117 cm³/mol. The van der Waals surface area contributed by atoms with Gasteiger partial charge in [0.25, 0.3) is 5.91 Å². The number of nitrogens with one attached hydrogen (secondary N) is 1. The number of benzene rings is 2. The Morgan fingerprint density at radius 1 is 1.07 bits per heavy atom. The molecule has 0 spiro atoms. The molecular weight excluding hydrogens is 402 g/mol. The normalized spacial score (nSPS) is 15.3. The Labute approximate surface area is 177 Å². The molecule has 30 heavy (non-hydrogen) atoms. The number of carbonyl (C=O) groups excluding carboxylic acids is 2. The minimum absolute atomic E-state index is 0.0765. The van der Waals surface area contributed by atoms with E-state index >= 15 is 0 Å². The molecule has 1 atom stereocenters. The summed E-state index contributed by atoms with van der Waals surface area (Å²) in [5.41, 5.74) is 1.29. The van der Waals surface area contributed by atoms with Crippen LogP contribution in [0.3, 0.4) is 0 Å². The smallest absolute Gasteiger partial charge is 0.257 e. The second-order valence-electron chi connectivity index (χ2n) is 7.31. The molecule has 0 bridgehead atoms. The fourth-order valence-corrected chi connectivity index (χ4v) is 4.56. The van der Waals surface area contributed by atoms with Gasteiger partial charge in [0.2, 0.25) is 15.9 Å². The van der Waals surface area contributed by atoms with E-state index in [1.807, 2.05) is 37.3 Å². The van der Waals surface area contributed by atoms with E-state index < -0.39 is 16.1 Å². The molecule has 8 heteroatoms. The first-order valence-electron chi connectivity index (χ1n) is 10.0. The molecule has 7 nitrogen and oxygen atoms in total. The van der Waals surface area contributed by atoms with Crippen LogP contribution in [0.5, 0.6) is 0 Å². The van der Waals surface area contributed by atoms with Crippen LogP contribution in [0.25, 0.3) is 0 Å². The van der Waals surface area contributed by atoms with Gasteiger partial charge in [-0.3, -0.25) is 13.9 Å². The predicted octanol–water partition coefficient (Wildman–Crippen LogP) is 2.57. The van der Waals surface area contributed by atoms with E-state index in [9.17, 15) is 18.0 Å². The molecule has 0 saturated carbocycles. The molecule has 2 aromatic rings. The standard InChI is InChI=1S/C22H27N3O4S/c1-3-4-14-23-21(26)20(17-10-6-5-7-11-17)24-15-16-25(30(2,28)29)19-13-9-8-12-18(19)22(24)27/h5-13,20H,3-4,14-16H2,1-2H3,(H,23,26). The molecule has 160 valence electrons. The maximum Gasteiger partial charge on any atom is 0.257 e. The highest BCUT2D eigenvalue weighted by molar-refractivity contribution is 7.92. The van der Waals surface area contributed by atoms with Crippen molar-refractivity contribution in [2.75, 3.05) is 30.2 Å². The average molecular weight is 430 g/mol. The van der Waals surface area contributed by atoms with Crippen molar-refractivity contribution in [3.8, 4) is 0 Å². The topological polar surface area (TPSA) is 86.8 Å². The lowest BCUT2D eigenvalue weighted by Crippen LogP contribution is -2.45. The quantitative estimate of drug-likeness (QED) is 0.686. The number of carbonyl (C=O) groups is 2. The number of hydrogen-bond donors (Lipinski definition) is 1. The number of unbranched alkanes of at least 4 members (excludes halogenated alkanes) is 1. The molecule has 0 saturated heterocycles. The van der Waals surface area contributed by atoms with Crippen LogP contribution >= 0.6 is 0 Å². The van der Waals surface area contributed by atoms with Crippen LogP contribution in [0.1, 0.15) is 41.7 Å². The van der Waals surface area contributed by atoms with Crippen LogP contribution in [0.15, 0.2) is 54.6 Å². The van der Waals surface area contributed by atoms with Crippen molar-refractivity contribution in [1.82, 2.24) is 10.2 Å². The summed E-state index contributed by atoms with van der Waals surface area (Å²) in [4.78, 5) is 28.1. The van der Waals surface area contributed by atoms with Crippen LogP contribution < -0.4 is 9.62 Å². The molecule has 1 aliphatic heterocycles. The number of hydrogen-bond acceptors (Lipinski definition) is 4. The van der Waals surface area contributed by atoms with Gasteiger partial charge >= 0.3 is 0 Å². The first-order valence-corrected chi connectivity index (χ1v) is 11.9. The van der Waals surface area contributed by atoms with Gasteiger partial charge in [0.15, 0.2) is 0 Å². The molecule has 1 unspecified atom stereocenters. The van der Waals surface area contributed by atoms with Crippen LogP contribution in [0.4, 0.5) is 5.69 Å². The van der Waals surface area contributed by atoms with E-state index in [2.05, 4.69) is 5.32 Å². The minimum atomic E-state index is -3.58. The van der Waals surface area contributed by atoms with Crippen molar-refractivity contribution in [2.45, 2.75) is 25.8 Å². The Bertz CT molecular complexity index is 1010. The summed E-state index contributed by atoms with van der Waals surface area (Å²) in [5.74, 6) is -0.635. The first-order chi connectivity index (χ1) is 14.3. The lowest BCUT2D eigenvalue weighted by molar-refractivity contribution is -0.125. The highest BCUT2D eigenvalue weighted by atomic mass is 32.2. The van der Waals surface area contributed by atoms with E-state index in [0.717, 1.165) is 19.1 Å². The van der Waals surface area contributed by atoms with Crippen molar-refractivity contribution in [1.29, 1.82) is 0 Å². The first kappa shape index (κ1) is 21.8. The summed E-state index contributed by atoms with van der Waals surface area (Å²) in [5, 5.41) is 2.92. The largest absolute Gasteiger partial charge is 0.354 e. The Morgan fingerprint density at radius 3 is 2.40 bits per heavy atom. The lowest BCUT2D eigenvalue weighted by Gasteiger charge is -2.30. The molecular formula is C22H27N3O4S. The highest BCUT2D eigenvalue weighted by Gasteiger charge is 2.37. The highest BCUT2D eigenvalue weighted by Crippen LogP contribution is 2.31. The molecule has 0 aliphatic carbocycles. The average Bonchev–Trinajstić information content (AvgIpc) is 2.87. The Morgan fingerprint density at radius 2 is 1.73 bits per heavy atom. The summed E-state index contributed by atoms with van der Waals surface area (Å²) in [6, 6.07) is 14.9. The Balaban J connectivity index is 2.04. The van der Waals surface area contributed by atoms with E-state index in [1.165, 1.54) is 9.21 Å². The molecule has 1 heterocycles. The van der Waals surface area contributed by atoms with E-state index in [1.54, 1.807) is 24.3 Å². The third-order valence-corrected chi connectivity index (χ3v) is 6.29. The number of fused-ring (bicyclic) bond motifs is 1. The monoisotopic (exact) mass is 429 g/mol. The number of para-hydroxylation sites is 1. The van der Waals surface area contributed by atoms with Crippen molar-refractivity contribution >= 4 is 27.5 Å². The van der Waals surface area contributed by atoms with Gasteiger partial charge in [-0.05, 0) is 24.1 Å². The Kier molecular flexibility index (Phi) is 6.77. The van der Waals surface area contributed by atoms with Crippen molar-refractivity contribution in [3.63, 3.8) is 0 Å². The number of rotatable bonds is 7. The van der Waals surface area contributed by atoms with Gasteiger partial charge < -0.3 is 10.2 Å². The summed E-state index contributed by atoms with van der Waals surface area (Å²) in [6.45, 7) is 2.73. The lowest BCUT2D eigenvalue weighted by atomic mass is 10.0. The zero-order valence-corrected chi connectivity index (χ0v) is 18.1. The summed E-state index contributed by atoms with van der Waals surface area (Å²) in [6.07, 6.45) is 2.90. The van der Waals surface area contributed by atoms with Crippen LogP contribution in [0, 0.1) is 0 Å². The van der Waals surface area contributed by atoms with Gasteiger partial charge in [0, 0.05) is 13.1 Å². The molecule has 3 rings (SSSR count).